The van der Waals surface area contributed by atoms with Gasteiger partial charge in [-0.15, -0.1) is 0 Å². The topological polar surface area (TPSA) is 34.1 Å². The van der Waals surface area contributed by atoms with Gasteiger partial charge in [-0.3, -0.25) is 0 Å². The van der Waals surface area contributed by atoms with Crippen molar-refractivity contribution in [2.24, 2.45) is 0 Å². The normalized spacial score (nSPS) is 13.0. The summed E-state index contributed by atoms with van der Waals surface area (Å²) in [6.07, 6.45) is -3.93. The molecule has 0 radical (unpaired) electrons. The van der Waals surface area contributed by atoms with Crippen LogP contribution in [-0.2, 0) is 34.6 Å². The molecule has 0 aliphatic carbocycles. The molecule has 0 unspecified atom stereocenters. The highest BCUT2D eigenvalue weighted by molar-refractivity contribution is 7.91. The van der Waals surface area contributed by atoms with E-state index in [1.807, 2.05) is 0 Å². The standard InChI is InChI=1S/C20H22F4O2S/c1-19(2,3)27(25,26)13-16-8-5-14(6-9-16)4-7-15-10-11-18(21)17(12-15)20(22,23)24/h5-6,8-12H,4,7,13H2,1-3H3. The van der Waals surface area contributed by atoms with E-state index in [1.165, 1.54) is 6.07 Å². The first-order valence-electron chi connectivity index (χ1n) is 8.45. The lowest BCUT2D eigenvalue weighted by molar-refractivity contribution is -0.140. The van der Waals surface area contributed by atoms with E-state index in [9.17, 15) is 26.0 Å². The molecule has 2 aromatic rings. The first kappa shape index (κ1) is 21.4. The average Bonchev–Trinajstić information content (AvgIpc) is 2.53. The second-order valence-corrected chi connectivity index (χ2v) is 10.2. The highest BCUT2D eigenvalue weighted by Crippen LogP contribution is 2.32. The molecule has 0 aliphatic heterocycles. The zero-order valence-electron chi connectivity index (χ0n) is 15.4. The monoisotopic (exact) mass is 402 g/mol. The van der Waals surface area contributed by atoms with Crippen molar-refractivity contribution in [2.75, 3.05) is 0 Å². The number of rotatable bonds is 5. The largest absolute Gasteiger partial charge is 0.419 e. The van der Waals surface area contributed by atoms with Crippen molar-refractivity contribution in [3.05, 3.63) is 70.5 Å². The predicted molar refractivity (Wildman–Crippen MR) is 97.6 cm³/mol. The van der Waals surface area contributed by atoms with Crippen LogP contribution in [-0.4, -0.2) is 13.2 Å². The van der Waals surface area contributed by atoms with Gasteiger partial charge in [-0.1, -0.05) is 30.3 Å². The molecule has 0 amide bonds. The van der Waals surface area contributed by atoms with E-state index in [-0.39, 0.29) is 5.75 Å². The fraction of sp³-hybridized carbons (Fsp3) is 0.400. The Morgan fingerprint density at radius 1 is 0.815 bits per heavy atom. The molecule has 0 N–H and O–H groups in total. The number of hydrogen-bond acceptors (Lipinski definition) is 2. The minimum absolute atomic E-state index is 0.0658. The molecule has 0 bridgehead atoms. The van der Waals surface area contributed by atoms with Gasteiger partial charge in [0.05, 0.1) is 16.1 Å². The van der Waals surface area contributed by atoms with Crippen molar-refractivity contribution in [1.82, 2.24) is 0 Å². The quantitative estimate of drug-likeness (QED) is 0.633. The van der Waals surface area contributed by atoms with Gasteiger partial charge in [-0.05, 0) is 62.4 Å². The molecule has 0 saturated carbocycles. The van der Waals surface area contributed by atoms with Crippen molar-refractivity contribution < 1.29 is 26.0 Å². The molecule has 2 nitrogen and oxygen atoms in total. The van der Waals surface area contributed by atoms with E-state index in [4.69, 9.17) is 0 Å². The van der Waals surface area contributed by atoms with Crippen LogP contribution in [0.3, 0.4) is 0 Å². The van der Waals surface area contributed by atoms with Crippen LogP contribution >= 0.6 is 0 Å². The molecule has 0 heterocycles. The molecule has 2 rings (SSSR count). The number of aryl methyl sites for hydroxylation is 2. The van der Waals surface area contributed by atoms with Crippen molar-refractivity contribution in [3.63, 3.8) is 0 Å². The summed E-state index contributed by atoms with van der Waals surface area (Å²) < 4.78 is 75.2. The summed E-state index contributed by atoms with van der Waals surface area (Å²) in [7, 11) is -3.28. The van der Waals surface area contributed by atoms with Crippen LogP contribution in [0.25, 0.3) is 0 Å². The lowest BCUT2D eigenvalue weighted by Crippen LogP contribution is -2.29. The first-order valence-corrected chi connectivity index (χ1v) is 10.1. The lowest BCUT2D eigenvalue weighted by atomic mass is 10.0. The molecule has 0 aromatic heterocycles. The number of benzene rings is 2. The Balaban J connectivity index is 2.06. The van der Waals surface area contributed by atoms with Crippen LogP contribution in [0.15, 0.2) is 42.5 Å². The van der Waals surface area contributed by atoms with Gasteiger partial charge in [-0.25, -0.2) is 12.8 Å². The van der Waals surface area contributed by atoms with Gasteiger partial charge >= 0.3 is 6.18 Å². The molecular formula is C20H22F4O2S. The maximum absolute atomic E-state index is 13.3. The molecule has 27 heavy (non-hydrogen) atoms. The van der Waals surface area contributed by atoms with Crippen molar-refractivity contribution in [3.8, 4) is 0 Å². The van der Waals surface area contributed by atoms with Gasteiger partial charge in [0, 0.05) is 0 Å². The molecule has 0 aliphatic rings. The van der Waals surface area contributed by atoms with Gasteiger partial charge in [0.1, 0.15) is 5.82 Å². The van der Waals surface area contributed by atoms with E-state index in [0.717, 1.165) is 17.7 Å². The summed E-state index contributed by atoms with van der Waals surface area (Å²) in [5.74, 6) is -1.35. The van der Waals surface area contributed by atoms with Crippen molar-refractivity contribution >= 4 is 9.84 Å². The van der Waals surface area contributed by atoms with Gasteiger partial charge in [0.15, 0.2) is 9.84 Å². The summed E-state index contributed by atoms with van der Waals surface area (Å²) in [4.78, 5) is 0. The highest BCUT2D eigenvalue weighted by atomic mass is 32.2. The molecule has 0 spiro atoms. The van der Waals surface area contributed by atoms with Crippen LogP contribution < -0.4 is 0 Å². The number of hydrogen-bond donors (Lipinski definition) is 0. The van der Waals surface area contributed by atoms with E-state index in [0.29, 0.717) is 24.0 Å². The fourth-order valence-electron chi connectivity index (χ4n) is 2.47. The van der Waals surface area contributed by atoms with Crippen LogP contribution in [0.1, 0.15) is 43.0 Å². The molecule has 7 heteroatoms. The highest BCUT2D eigenvalue weighted by Gasteiger charge is 2.34. The molecule has 0 fully saturated rings. The molecule has 2 aromatic carbocycles. The summed E-state index contributed by atoms with van der Waals surface area (Å²) in [6.45, 7) is 4.94. The molecule has 0 saturated heterocycles. The van der Waals surface area contributed by atoms with Crippen LogP contribution in [0.2, 0.25) is 0 Å². The lowest BCUT2D eigenvalue weighted by Gasteiger charge is -2.19. The smallest absolute Gasteiger partial charge is 0.228 e. The van der Waals surface area contributed by atoms with E-state index in [1.54, 1.807) is 45.0 Å². The van der Waals surface area contributed by atoms with Crippen molar-refractivity contribution in [1.29, 1.82) is 0 Å². The minimum atomic E-state index is -4.72. The second kappa shape index (κ2) is 7.62. The maximum Gasteiger partial charge on any atom is 0.419 e. The third-order valence-corrected chi connectivity index (χ3v) is 6.93. The molecular weight excluding hydrogens is 380 g/mol. The third kappa shape index (κ3) is 5.54. The zero-order valence-corrected chi connectivity index (χ0v) is 16.2. The Labute approximate surface area is 157 Å². The number of alkyl halides is 3. The van der Waals surface area contributed by atoms with Crippen LogP contribution in [0.5, 0.6) is 0 Å². The Hall–Kier alpha value is -1.89. The van der Waals surface area contributed by atoms with Crippen LogP contribution in [0, 0.1) is 5.82 Å². The number of sulfone groups is 1. The summed E-state index contributed by atoms with van der Waals surface area (Å²) >= 11 is 0. The van der Waals surface area contributed by atoms with Gasteiger partial charge < -0.3 is 0 Å². The number of halogens is 4. The van der Waals surface area contributed by atoms with Gasteiger partial charge in [0.2, 0.25) is 0 Å². The first-order chi connectivity index (χ1) is 12.3. The predicted octanol–water partition coefficient (Wildman–Crippen LogP) is 5.34. The van der Waals surface area contributed by atoms with Crippen LogP contribution in [0.4, 0.5) is 17.6 Å². The van der Waals surface area contributed by atoms with E-state index < -0.39 is 32.1 Å². The van der Waals surface area contributed by atoms with Gasteiger partial charge in [-0.2, -0.15) is 13.2 Å². The minimum Gasteiger partial charge on any atom is -0.228 e. The Bertz CT molecular complexity index is 893. The molecule has 148 valence electrons. The fourth-order valence-corrected chi connectivity index (χ4v) is 3.54. The van der Waals surface area contributed by atoms with E-state index in [2.05, 4.69) is 0 Å². The Kier molecular flexibility index (Phi) is 6.04. The average molecular weight is 402 g/mol. The summed E-state index contributed by atoms with van der Waals surface area (Å²) in [6, 6.07) is 9.96. The molecule has 0 atom stereocenters. The Morgan fingerprint density at radius 2 is 1.30 bits per heavy atom. The van der Waals surface area contributed by atoms with Crippen molar-refractivity contribution in [2.45, 2.75) is 50.3 Å². The Morgan fingerprint density at radius 3 is 1.81 bits per heavy atom. The summed E-state index contributed by atoms with van der Waals surface area (Å²) in [5, 5.41) is 0. The SMILES string of the molecule is CC(C)(C)S(=O)(=O)Cc1ccc(CCc2ccc(F)c(C(F)(F)F)c2)cc1. The second-order valence-electron chi connectivity index (χ2n) is 7.50. The third-order valence-electron chi connectivity index (χ3n) is 4.35. The zero-order chi connectivity index (χ0) is 20.5. The maximum atomic E-state index is 13.3. The summed E-state index contributed by atoms with van der Waals surface area (Å²) in [5.41, 5.74) is 0.658. The van der Waals surface area contributed by atoms with Gasteiger partial charge in [0.25, 0.3) is 0 Å². The van der Waals surface area contributed by atoms with E-state index >= 15 is 0 Å².